The van der Waals surface area contributed by atoms with Crippen LogP contribution in [0, 0.1) is 5.92 Å². The van der Waals surface area contributed by atoms with E-state index in [0.29, 0.717) is 39.0 Å². The van der Waals surface area contributed by atoms with Crippen LogP contribution in [0.15, 0.2) is 18.2 Å². The van der Waals surface area contributed by atoms with Crippen molar-refractivity contribution >= 4 is 11.8 Å². The smallest absolute Gasteiger partial charge is 0.222 e. The van der Waals surface area contributed by atoms with Crippen molar-refractivity contribution in [3.8, 4) is 5.75 Å². The summed E-state index contributed by atoms with van der Waals surface area (Å²) in [5.41, 5.74) is 7.31. The maximum Gasteiger partial charge on any atom is 0.222 e. The molecule has 0 radical (unpaired) electrons. The lowest BCUT2D eigenvalue weighted by atomic mass is 10.0. The van der Waals surface area contributed by atoms with E-state index in [1.165, 1.54) is 25.7 Å². The number of hydrogen-bond acceptors (Lipinski definition) is 3. The third kappa shape index (κ3) is 4.97. The molecule has 1 aliphatic carbocycles. The highest BCUT2D eigenvalue weighted by Crippen LogP contribution is 2.29. The van der Waals surface area contributed by atoms with Gasteiger partial charge in [0.2, 0.25) is 11.8 Å². The standard InChI is InChI=1S/C20H28N2O3/c21-19(23)9-6-16-5-8-18-17(13-16)14-22(11-12-25-18)20(24)10-7-15-3-1-2-4-15/h5,8,13,15H,1-4,6-7,9-12,14H2,(H2,21,23). The van der Waals surface area contributed by atoms with Crippen LogP contribution in [0.3, 0.4) is 0 Å². The lowest BCUT2D eigenvalue weighted by molar-refractivity contribution is -0.132. The summed E-state index contributed by atoms with van der Waals surface area (Å²) in [6, 6.07) is 5.96. The Kier molecular flexibility index (Phi) is 5.95. The molecule has 1 aromatic carbocycles. The van der Waals surface area contributed by atoms with Gasteiger partial charge in [-0.2, -0.15) is 0 Å². The molecule has 1 saturated carbocycles. The molecule has 5 heteroatoms. The van der Waals surface area contributed by atoms with Crippen LogP contribution in [0.25, 0.3) is 0 Å². The molecule has 1 fully saturated rings. The van der Waals surface area contributed by atoms with Crippen molar-refractivity contribution in [1.29, 1.82) is 0 Å². The number of rotatable bonds is 6. The first-order chi connectivity index (χ1) is 12.1. The van der Waals surface area contributed by atoms with Crippen molar-refractivity contribution in [1.82, 2.24) is 4.90 Å². The molecule has 25 heavy (non-hydrogen) atoms. The van der Waals surface area contributed by atoms with E-state index in [2.05, 4.69) is 0 Å². The van der Waals surface area contributed by atoms with Crippen LogP contribution in [0.2, 0.25) is 0 Å². The van der Waals surface area contributed by atoms with Gasteiger partial charge in [-0.1, -0.05) is 37.8 Å². The maximum absolute atomic E-state index is 12.6. The van der Waals surface area contributed by atoms with Crippen LogP contribution in [0.4, 0.5) is 0 Å². The van der Waals surface area contributed by atoms with Crippen LogP contribution in [0.1, 0.15) is 56.1 Å². The van der Waals surface area contributed by atoms with E-state index in [0.717, 1.165) is 29.2 Å². The second-order valence-electron chi connectivity index (χ2n) is 7.26. The van der Waals surface area contributed by atoms with Crippen molar-refractivity contribution in [3.63, 3.8) is 0 Å². The fourth-order valence-corrected chi connectivity index (χ4v) is 3.87. The number of ether oxygens (including phenoxy) is 1. The van der Waals surface area contributed by atoms with Gasteiger partial charge in [-0.05, 0) is 30.4 Å². The van der Waals surface area contributed by atoms with Gasteiger partial charge in [0, 0.05) is 24.9 Å². The molecule has 3 rings (SSSR count). The molecule has 0 spiro atoms. The third-order valence-corrected chi connectivity index (χ3v) is 5.36. The molecule has 5 nitrogen and oxygen atoms in total. The van der Waals surface area contributed by atoms with Gasteiger partial charge in [0.25, 0.3) is 0 Å². The van der Waals surface area contributed by atoms with Gasteiger partial charge in [-0.3, -0.25) is 9.59 Å². The lowest BCUT2D eigenvalue weighted by Gasteiger charge is -2.21. The molecule has 1 aromatic rings. The highest BCUT2D eigenvalue weighted by molar-refractivity contribution is 5.76. The van der Waals surface area contributed by atoms with E-state index in [1.807, 2.05) is 23.1 Å². The number of nitrogens with zero attached hydrogens (tertiary/aromatic N) is 1. The lowest BCUT2D eigenvalue weighted by Crippen LogP contribution is -2.32. The van der Waals surface area contributed by atoms with Crippen LogP contribution < -0.4 is 10.5 Å². The minimum Gasteiger partial charge on any atom is -0.491 e. The summed E-state index contributed by atoms with van der Waals surface area (Å²) >= 11 is 0. The zero-order valence-electron chi connectivity index (χ0n) is 14.8. The topological polar surface area (TPSA) is 72.6 Å². The monoisotopic (exact) mass is 344 g/mol. The Balaban J connectivity index is 1.61. The van der Waals surface area contributed by atoms with Crippen molar-refractivity contribution in [2.45, 2.75) is 57.9 Å². The van der Waals surface area contributed by atoms with Crippen molar-refractivity contribution < 1.29 is 14.3 Å². The van der Waals surface area contributed by atoms with E-state index in [-0.39, 0.29) is 11.8 Å². The second kappa shape index (κ2) is 8.37. The van der Waals surface area contributed by atoms with Crippen molar-refractivity contribution in [2.75, 3.05) is 13.2 Å². The molecule has 2 aliphatic rings. The average molecular weight is 344 g/mol. The van der Waals surface area contributed by atoms with Gasteiger partial charge in [0.05, 0.1) is 6.54 Å². The first kappa shape index (κ1) is 17.8. The van der Waals surface area contributed by atoms with Crippen molar-refractivity contribution in [2.24, 2.45) is 11.7 Å². The number of carbonyl (C=O) groups excluding carboxylic acids is 2. The number of hydrogen-bond donors (Lipinski definition) is 1. The molecule has 0 atom stereocenters. The van der Waals surface area contributed by atoms with E-state index in [1.54, 1.807) is 0 Å². The van der Waals surface area contributed by atoms with Gasteiger partial charge in [-0.15, -0.1) is 0 Å². The number of carbonyl (C=O) groups is 2. The van der Waals surface area contributed by atoms with Crippen LogP contribution >= 0.6 is 0 Å². The largest absolute Gasteiger partial charge is 0.491 e. The third-order valence-electron chi connectivity index (χ3n) is 5.36. The zero-order chi connectivity index (χ0) is 17.6. The summed E-state index contributed by atoms with van der Waals surface area (Å²) in [6.45, 7) is 1.75. The second-order valence-corrected chi connectivity index (χ2v) is 7.26. The van der Waals surface area contributed by atoms with E-state index in [4.69, 9.17) is 10.5 Å². The molecule has 1 aliphatic heterocycles. The summed E-state index contributed by atoms with van der Waals surface area (Å²) < 4.78 is 5.80. The SMILES string of the molecule is NC(=O)CCc1ccc2c(c1)CN(C(=O)CCC1CCCC1)CCO2. The predicted molar refractivity (Wildman–Crippen MR) is 96.1 cm³/mol. The Labute approximate surface area is 149 Å². The molecule has 0 aromatic heterocycles. The van der Waals surface area contributed by atoms with Gasteiger partial charge in [0.1, 0.15) is 12.4 Å². The van der Waals surface area contributed by atoms with E-state index >= 15 is 0 Å². The molecule has 136 valence electrons. The normalized spacial score (nSPS) is 17.7. The van der Waals surface area contributed by atoms with Crippen LogP contribution in [-0.4, -0.2) is 29.9 Å². The number of nitrogens with two attached hydrogens (primary N) is 1. The summed E-state index contributed by atoms with van der Waals surface area (Å²) in [7, 11) is 0. The van der Waals surface area contributed by atoms with Crippen molar-refractivity contribution in [3.05, 3.63) is 29.3 Å². The molecule has 2 amide bonds. The minimum atomic E-state index is -0.296. The first-order valence-electron chi connectivity index (χ1n) is 9.42. The molecule has 0 saturated heterocycles. The maximum atomic E-state index is 12.6. The molecular formula is C20H28N2O3. The first-order valence-corrected chi connectivity index (χ1v) is 9.42. The fraction of sp³-hybridized carbons (Fsp3) is 0.600. The van der Waals surface area contributed by atoms with Gasteiger partial charge in [0.15, 0.2) is 0 Å². The number of fused-ring (bicyclic) bond motifs is 1. The van der Waals surface area contributed by atoms with Gasteiger partial charge < -0.3 is 15.4 Å². The number of amides is 2. The number of aryl methyl sites for hydroxylation is 1. The summed E-state index contributed by atoms with van der Waals surface area (Å²) in [5, 5.41) is 0. The van der Waals surface area contributed by atoms with Gasteiger partial charge in [-0.25, -0.2) is 0 Å². The number of primary amides is 1. The van der Waals surface area contributed by atoms with E-state index < -0.39 is 0 Å². The molecule has 0 unspecified atom stereocenters. The summed E-state index contributed by atoms with van der Waals surface area (Å²) in [6.07, 6.45) is 7.81. The minimum absolute atomic E-state index is 0.228. The zero-order valence-corrected chi connectivity index (χ0v) is 14.8. The summed E-state index contributed by atoms with van der Waals surface area (Å²) in [4.78, 5) is 25.5. The Morgan fingerprint density at radius 2 is 2.00 bits per heavy atom. The summed E-state index contributed by atoms with van der Waals surface area (Å²) in [5.74, 6) is 1.51. The predicted octanol–water partition coefficient (Wildman–Crippen LogP) is 2.80. The Hall–Kier alpha value is -2.04. The Morgan fingerprint density at radius 1 is 1.20 bits per heavy atom. The average Bonchev–Trinajstić information content (AvgIpc) is 3.02. The van der Waals surface area contributed by atoms with Crippen LogP contribution in [-0.2, 0) is 22.6 Å². The van der Waals surface area contributed by atoms with Crippen LogP contribution in [0.5, 0.6) is 5.75 Å². The Bertz CT molecular complexity index is 623. The highest BCUT2D eigenvalue weighted by Gasteiger charge is 2.22. The molecular weight excluding hydrogens is 316 g/mol. The van der Waals surface area contributed by atoms with E-state index in [9.17, 15) is 9.59 Å². The highest BCUT2D eigenvalue weighted by atomic mass is 16.5. The molecule has 1 heterocycles. The van der Waals surface area contributed by atoms with Gasteiger partial charge >= 0.3 is 0 Å². The fourth-order valence-electron chi connectivity index (χ4n) is 3.87. The number of benzene rings is 1. The quantitative estimate of drug-likeness (QED) is 0.862. The molecule has 2 N–H and O–H groups in total. The Morgan fingerprint density at radius 3 is 2.76 bits per heavy atom. The molecule has 0 bridgehead atoms.